The minimum atomic E-state index is -0.318. The van der Waals surface area contributed by atoms with Crippen LogP contribution in [0.2, 0.25) is 10.2 Å². The number of nitrogens with zero attached hydrogens (tertiary/aromatic N) is 3. The minimum absolute atomic E-state index is 0.227. The van der Waals surface area contributed by atoms with Gasteiger partial charge in [0, 0.05) is 11.1 Å². The van der Waals surface area contributed by atoms with Crippen molar-refractivity contribution in [3.8, 4) is 0 Å². The van der Waals surface area contributed by atoms with Gasteiger partial charge in [-0.25, -0.2) is 4.68 Å². The Bertz CT molecular complexity index is 917. The molecular formula is C17H16Cl2N4O2. The number of hydrogen-bond acceptors (Lipinski definition) is 4. The zero-order chi connectivity index (χ0) is 18.0. The maximum Gasteiger partial charge on any atom is 0.256 e. The van der Waals surface area contributed by atoms with E-state index in [1.807, 2.05) is 25.1 Å². The number of nitrogens with one attached hydrogen (secondary N) is 1. The van der Waals surface area contributed by atoms with Crippen LogP contribution in [0, 0.1) is 13.8 Å². The van der Waals surface area contributed by atoms with Crippen molar-refractivity contribution in [1.82, 2.24) is 20.3 Å². The zero-order valence-corrected chi connectivity index (χ0v) is 15.2. The monoisotopic (exact) mass is 378 g/mol. The van der Waals surface area contributed by atoms with Crippen LogP contribution in [0.5, 0.6) is 0 Å². The van der Waals surface area contributed by atoms with Crippen LogP contribution < -0.4 is 5.32 Å². The Hall–Kier alpha value is -2.31. The SMILES string of the molecule is Cc1cc(CNC(=O)c2c(C)nn(Cc3ccccc3Cl)c2Cl)on1. The molecule has 0 bridgehead atoms. The highest BCUT2D eigenvalue weighted by Crippen LogP contribution is 2.23. The number of benzene rings is 1. The maximum atomic E-state index is 12.5. The Morgan fingerprint density at radius 3 is 2.72 bits per heavy atom. The van der Waals surface area contributed by atoms with Gasteiger partial charge < -0.3 is 9.84 Å². The van der Waals surface area contributed by atoms with Crippen molar-refractivity contribution in [3.05, 3.63) is 68.8 Å². The van der Waals surface area contributed by atoms with Gasteiger partial charge >= 0.3 is 0 Å². The molecule has 25 heavy (non-hydrogen) atoms. The number of amides is 1. The Morgan fingerprint density at radius 2 is 2.04 bits per heavy atom. The molecule has 3 aromatic rings. The number of hydrogen-bond donors (Lipinski definition) is 1. The van der Waals surface area contributed by atoms with Gasteiger partial charge in [0.1, 0.15) is 5.15 Å². The molecule has 0 radical (unpaired) electrons. The summed E-state index contributed by atoms with van der Waals surface area (Å²) in [6.07, 6.45) is 0. The molecule has 0 saturated heterocycles. The summed E-state index contributed by atoms with van der Waals surface area (Å²) < 4.78 is 6.64. The van der Waals surface area contributed by atoms with Crippen LogP contribution in [-0.2, 0) is 13.1 Å². The molecule has 1 amide bonds. The molecule has 0 spiro atoms. The van der Waals surface area contributed by atoms with Crippen molar-refractivity contribution in [2.75, 3.05) is 0 Å². The fourth-order valence-corrected chi connectivity index (χ4v) is 2.98. The lowest BCUT2D eigenvalue weighted by Crippen LogP contribution is -2.23. The summed E-state index contributed by atoms with van der Waals surface area (Å²) in [5.74, 6) is 0.255. The van der Waals surface area contributed by atoms with Crippen molar-refractivity contribution < 1.29 is 9.32 Å². The van der Waals surface area contributed by atoms with Gasteiger partial charge in [-0.15, -0.1) is 0 Å². The molecule has 0 saturated carbocycles. The van der Waals surface area contributed by atoms with E-state index in [2.05, 4.69) is 15.6 Å². The average Bonchev–Trinajstić information content (AvgIpc) is 3.11. The Balaban J connectivity index is 1.77. The first-order valence-corrected chi connectivity index (χ1v) is 8.38. The third kappa shape index (κ3) is 3.86. The van der Waals surface area contributed by atoms with Crippen molar-refractivity contribution >= 4 is 29.1 Å². The number of carbonyl (C=O) groups excluding carboxylic acids is 1. The third-order valence-corrected chi connectivity index (χ3v) is 4.42. The van der Waals surface area contributed by atoms with E-state index in [-0.39, 0.29) is 17.6 Å². The second kappa shape index (κ2) is 7.29. The van der Waals surface area contributed by atoms with E-state index in [1.54, 1.807) is 23.7 Å². The molecule has 0 aliphatic carbocycles. The molecule has 8 heteroatoms. The molecule has 0 aliphatic rings. The van der Waals surface area contributed by atoms with Gasteiger partial charge in [-0.2, -0.15) is 5.10 Å². The van der Waals surface area contributed by atoms with E-state index in [0.717, 1.165) is 11.3 Å². The molecular weight excluding hydrogens is 363 g/mol. The maximum absolute atomic E-state index is 12.5. The first-order chi connectivity index (χ1) is 12.0. The molecule has 0 aliphatic heterocycles. The molecule has 2 aromatic heterocycles. The van der Waals surface area contributed by atoms with Gasteiger partial charge in [0.2, 0.25) is 0 Å². The van der Waals surface area contributed by atoms with Crippen LogP contribution in [0.1, 0.15) is 33.1 Å². The number of halogens is 2. The summed E-state index contributed by atoms with van der Waals surface area (Å²) in [5.41, 5.74) is 2.51. The Labute approximate surface area is 154 Å². The summed E-state index contributed by atoms with van der Waals surface area (Å²) in [5, 5.41) is 11.8. The van der Waals surface area contributed by atoms with E-state index >= 15 is 0 Å². The van der Waals surface area contributed by atoms with Gasteiger partial charge in [-0.3, -0.25) is 4.79 Å². The normalized spacial score (nSPS) is 10.9. The molecule has 1 N–H and O–H groups in total. The molecule has 0 fully saturated rings. The van der Waals surface area contributed by atoms with E-state index in [4.69, 9.17) is 27.7 Å². The fourth-order valence-electron chi connectivity index (χ4n) is 2.46. The summed E-state index contributed by atoms with van der Waals surface area (Å²) in [6, 6.07) is 9.19. The average molecular weight is 379 g/mol. The molecule has 2 heterocycles. The van der Waals surface area contributed by atoms with Crippen molar-refractivity contribution in [3.63, 3.8) is 0 Å². The summed E-state index contributed by atoms with van der Waals surface area (Å²) in [7, 11) is 0. The Kier molecular flexibility index (Phi) is 5.11. The lowest BCUT2D eigenvalue weighted by atomic mass is 10.2. The highest BCUT2D eigenvalue weighted by Gasteiger charge is 2.21. The zero-order valence-electron chi connectivity index (χ0n) is 13.7. The summed E-state index contributed by atoms with van der Waals surface area (Å²) >= 11 is 12.5. The fraction of sp³-hybridized carbons (Fsp3) is 0.235. The predicted molar refractivity (Wildman–Crippen MR) is 94.9 cm³/mol. The van der Waals surface area contributed by atoms with E-state index < -0.39 is 0 Å². The lowest BCUT2D eigenvalue weighted by molar-refractivity contribution is 0.0946. The topological polar surface area (TPSA) is 73.0 Å². The number of aromatic nitrogens is 3. The lowest BCUT2D eigenvalue weighted by Gasteiger charge is -2.06. The molecule has 0 unspecified atom stereocenters. The second-order valence-corrected chi connectivity index (χ2v) is 6.38. The van der Waals surface area contributed by atoms with Gasteiger partial charge in [-0.05, 0) is 25.5 Å². The Morgan fingerprint density at radius 1 is 1.28 bits per heavy atom. The first-order valence-electron chi connectivity index (χ1n) is 7.62. The third-order valence-electron chi connectivity index (χ3n) is 3.67. The molecule has 6 nitrogen and oxygen atoms in total. The van der Waals surface area contributed by atoms with E-state index in [9.17, 15) is 4.79 Å². The van der Waals surface area contributed by atoms with Crippen LogP contribution in [-0.4, -0.2) is 20.8 Å². The highest BCUT2D eigenvalue weighted by molar-refractivity contribution is 6.33. The highest BCUT2D eigenvalue weighted by atomic mass is 35.5. The van der Waals surface area contributed by atoms with Crippen LogP contribution >= 0.6 is 23.2 Å². The van der Waals surface area contributed by atoms with Crippen LogP contribution in [0.3, 0.4) is 0 Å². The molecule has 1 aromatic carbocycles. The molecule has 3 rings (SSSR count). The summed E-state index contributed by atoms with van der Waals surface area (Å²) in [4.78, 5) is 12.5. The second-order valence-electron chi connectivity index (χ2n) is 5.62. The summed E-state index contributed by atoms with van der Waals surface area (Å²) in [6.45, 7) is 4.16. The van der Waals surface area contributed by atoms with Crippen molar-refractivity contribution in [2.24, 2.45) is 0 Å². The van der Waals surface area contributed by atoms with Crippen molar-refractivity contribution in [2.45, 2.75) is 26.9 Å². The standard InChI is InChI=1S/C17H16Cl2N4O2/c1-10-7-13(25-22-10)8-20-17(24)15-11(2)21-23(16(15)19)9-12-5-3-4-6-14(12)18/h3-7H,8-9H2,1-2H3,(H,20,24). The van der Waals surface area contributed by atoms with E-state index in [1.165, 1.54) is 0 Å². The van der Waals surface area contributed by atoms with Gasteiger partial charge in [-0.1, -0.05) is 46.6 Å². The first kappa shape index (κ1) is 17.5. The molecule has 0 atom stereocenters. The smallest absolute Gasteiger partial charge is 0.256 e. The number of carbonyl (C=O) groups is 1. The number of aryl methyl sites for hydroxylation is 2. The predicted octanol–water partition coefficient (Wildman–Crippen LogP) is 3.77. The molecule has 130 valence electrons. The number of rotatable bonds is 5. The van der Waals surface area contributed by atoms with Crippen molar-refractivity contribution in [1.29, 1.82) is 0 Å². The van der Waals surface area contributed by atoms with Crippen LogP contribution in [0.25, 0.3) is 0 Å². The minimum Gasteiger partial charge on any atom is -0.359 e. The van der Waals surface area contributed by atoms with E-state index in [0.29, 0.717) is 28.6 Å². The van der Waals surface area contributed by atoms with Gasteiger partial charge in [0.25, 0.3) is 5.91 Å². The van der Waals surface area contributed by atoms with Crippen LogP contribution in [0.15, 0.2) is 34.9 Å². The van der Waals surface area contributed by atoms with Gasteiger partial charge in [0.05, 0.1) is 30.0 Å². The van der Waals surface area contributed by atoms with Gasteiger partial charge in [0.15, 0.2) is 5.76 Å². The largest absolute Gasteiger partial charge is 0.359 e. The van der Waals surface area contributed by atoms with Crippen LogP contribution in [0.4, 0.5) is 0 Å². The quantitative estimate of drug-likeness (QED) is 0.733.